The van der Waals surface area contributed by atoms with Crippen molar-refractivity contribution in [1.82, 2.24) is 9.97 Å². The first-order valence-electron chi connectivity index (χ1n) is 13.9. The maximum absolute atomic E-state index is 13.3. The number of ether oxygens (including phenoxy) is 5. The van der Waals surface area contributed by atoms with Gasteiger partial charge in [-0.2, -0.15) is 9.97 Å². The Morgan fingerprint density at radius 1 is 1.07 bits per heavy atom. The van der Waals surface area contributed by atoms with E-state index in [-0.39, 0.29) is 23.0 Å². The molecule has 1 N–H and O–H groups in total. The fourth-order valence-electron chi connectivity index (χ4n) is 4.07. The topological polar surface area (TPSA) is 134 Å². The molecule has 1 unspecified atom stereocenters. The van der Waals surface area contributed by atoms with Gasteiger partial charge in [-0.15, -0.1) is 4.90 Å². The molecule has 1 aromatic carbocycles. The number of methoxy groups -OCH3 is 1. The van der Waals surface area contributed by atoms with Gasteiger partial charge in [0.15, 0.2) is 5.79 Å². The lowest BCUT2D eigenvalue weighted by molar-refractivity contribution is -0.137. The van der Waals surface area contributed by atoms with Crippen LogP contribution in [0.1, 0.15) is 72.9 Å². The van der Waals surface area contributed by atoms with Crippen LogP contribution in [0.15, 0.2) is 29.3 Å². The van der Waals surface area contributed by atoms with E-state index in [2.05, 4.69) is 20.3 Å². The van der Waals surface area contributed by atoms with Gasteiger partial charge in [0, 0.05) is 20.0 Å². The molecule has 0 spiro atoms. The summed E-state index contributed by atoms with van der Waals surface area (Å²) in [5.41, 5.74) is -0.00144. The summed E-state index contributed by atoms with van der Waals surface area (Å²) in [7, 11) is 3.22. The zero-order valence-electron chi connectivity index (χ0n) is 26.5. The van der Waals surface area contributed by atoms with E-state index in [1.807, 2.05) is 38.1 Å². The molecule has 1 aliphatic heterocycles. The molecule has 2 heterocycles. The predicted molar refractivity (Wildman–Crippen MR) is 164 cm³/mol. The van der Waals surface area contributed by atoms with Crippen LogP contribution in [0.25, 0.3) is 0 Å². The maximum Gasteiger partial charge on any atom is 0.427 e. The average Bonchev–Trinajstić information content (AvgIpc) is 3.22. The summed E-state index contributed by atoms with van der Waals surface area (Å²) in [5.74, 6) is -0.109. The minimum Gasteiger partial charge on any atom is -0.497 e. The highest BCUT2D eigenvalue weighted by atomic mass is 35.5. The molecule has 1 aromatic heterocycles. The van der Waals surface area contributed by atoms with Crippen molar-refractivity contribution in [3.05, 3.63) is 40.5 Å². The third kappa shape index (κ3) is 9.77. The Hall–Kier alpha value is -3.48. The quantitative estimate of drug-likeness (QED) is 0.262. The van der Waals surface area contributed by atoms with Gasteiger partial charge in [-0.3, -0.25) is 4.99 Å². The van der Waals surface area contributed by atoms with E-state index < -0.39 is 29.2 Å². The van der Waals surface area contributed by atoms with Crippen LogP contribution in [0.3, 0.4) is 0 Å². The number of aliphatic imine (C=N–C) groups is 1. The molecule has 1 fully saturated rings. The Morgan fingerprint density at radius 2 is 1.65 bits per heavy atom. The number of hydrogen-bond acceptors (Lipinski definition) is 11. The van der Waals surface area contributed by atoms with Crippen molar-refractivity contribution in [2.24, 2.45) is 4.99 Å². The zero-order valence-corrected chi connectivity index (χ0v) is 27.3. The molecule has 12 nitrogen and oxygen atoms in total. The fraction of sp³-hybridized carbons (Fsp3) is 0.567. The first kappa shape index (κ1) is 34.0. The fourth-order valence-corrected chi connectivity index (χ4v) is 4.35. The molecule has 236 valence electrons. The average molecular weight is 620 g/mol. The number of benzene rings is 1. The normalized spacial score (nSPS) is 16.9. The first-order chi connectivity index (χ1) is 19.9. The van der Waals surface area contributed by atoms with Crippen LogP contribution in [-0.4, -0.2) is 71.7 Å². The molecular formula is C30H42ClN5O7. The molecule has 1 atom stereocenters. The Balaban J connectivity index is 2.09. The van der Waals surface area contributed by atoms with Crippen molar-refractivity contribution in [3.63, 3.8) is 0 Å². The van der Waals surface area contributed by atoms with Crippen molar-refractivity contribution in [3.8, 4) is 5.75 Å². The van der Waals surface area contributed by atoms with Crippen molar-refractivity contribution in [1.29, 1.82) is 0 Å². The molecule has 2 amide bonds. The van der Waals surface area contributed by atoms with Gasteiger partial charge in [0.05, 0.1) is 31.1 Å². The summed E-state index contributed by atoms with van der Waals surface area (Å²) in [4.78, 5) is 40.7. The number of carbonyl (C=O) groups excluding carboxylic acids is 2. The van der Waals surface area contributed by atoms with E-state index in [0.717, 1.165) is 5.56 Å². The molecule has 3 rings (SSSR count). The van der Waals surface area contributed by atoms with Gasteiger partial charge in [0.2, 0.25) is 5.95 Å². The number of nitrogens with one attached hydrogen (secondary N) is 1. The number of anilines is 2. The molecule has 1 saturated heterocycles. The number of aromatic nitrogens is 2. The molecule has 2 aromatic rings. The molecule has 0 aliphatic carbocycles. The smallest absolute Gasteiger partial charge is 0.427 e. The van der Waals surface area contributed by atoms with Gasteiger partial charge >= 0.3 is 12.2 Å². The summed E-state index contributed by atoms with van der Waals surface area (Å²) >= 11 is 6.80. The Bertz CT molecular complexity index is 1310. The summed E-state index contributed by atoms with van der Waals surface area (Å²) in [6, 6.07) is 7.45. The van der Waals surface area contributed by atoms with Gasteiger partial charge in [-0.25, -0.2) is 9.59 Å². The Kier molecular flexibility index (Phi) is 10.6. The van der Waals surface area contributed by atoms with Gasteiger partial charge in [-0.05, 0) is 73.1 Å². The van der Waals surface area contributed by atoms with Gasteiger partial charge in [0.1, 0.15) is 27.9 Å². The standard InChI is InChI=1S/C30H42ClN5O7/c1-28(2,3)42-26(37)36(27(38)43-29(4,5)6)25-34-23(31)22(21(32-9)15-20-17-40-30(7,8)41-20)24(35-25)33-16-18-11-13-19(39-10)14-12-18/h11-14,20H,15-17H2,1-10H3,(H,33,34,35). The van der Waals surface area contributed by atoms with E-state index >= 15 is 0 Å². The number of carbonyl (C=O) groups is 2. The van der Waals surface area contributed by atoms with E-state index in [1.165, 1.54) is 0 Å². The number of rotatable bonds is 8. The highest BCUT2D eigenvalue weighted by Crippen LogP contribution is 2.31. The van der Waals surface area contributed by atoms with Crippen LogP contribution in [0.2, 0.25) is 5.15 Å². The highest BCUT2D eigenvalue weighted by molar-refractivity contribution is 6.34. The van der Waals surface area contributed by atoms with E-state index in [9.17, 15) is 9.59 Å². The largest absolute Gasteiger partial charge is 0.497 e. The Morgan fingerprint density at radius 3 is 2.12 bits per heavy atom. The predicted octanol–water partition coefficient (Wildman–Crippen LogP) is 6.39. The SMILES string of the molecule is CN=C(CC1COC(C)(C)O1)c1c(Cl)nc(N(C(=O)OC(C)(C)C)C(=O)OC(C)(C)C)nc1NCc1ccc(OC)cc1. The van der Waals surface area contributed by atoms with Crippen molar-refractivity contribution in [2.45, 2.75) is 91.4 Å². The third-order valence-corrected chi connectivity index (χ3v) is 6.14. The van der Waals surface area contributed by atoms with Crippen LogP contribution >= 0.6 is 11.6 Å². The highest BCUT2D eigenvalue weighted by Gasteiger charge is 2.37. The first-order valence-corrected chi connectivity index (χ1v) is 14.3. The summed E-state index contributed by atoms with van der Waals surface area (Å²) < 4.78 is 28.0. The Labute approximate surface area is 258 Å². The molecular weight excluding hydrogens is 578 g/mol. The second-order valence-electron chi connectivity index (χ2n) is 12.4. The number of amides is 2. The minimum absolute atomic E-state index is 0.0434. The molecule has 43 heavy (non-hydrogen) atoms. The molecule has 13 heteroatoms. The second-order valence-corrected chi connectivity index (χ2v) is 12.7. The monoisotopic (exact) mass is 619 g/mol. The third-order valence-electron chi connectivity index (χ3n) is 5.87. The van der Waals surface area contributed by atoms with Crippen LogP contribution in [0.5, 0.6) is 5.75 Å². The zero-order chi connectivity index (χ0) is 32.2. The van der Waals surface area contributed by atoms with Crippen LogP contribution in [-0.2, 0) is 25.5 Å². The van der Waals surface area contributed by atoms with Gasteiger partial charge in [0.25, 0.3) is 0 Å². The van der Waals surface area contributed by atoms with Crippen molar-refractivity contribution in [2.75, 3.05) is 31.0 Å². The lowest BCUT2D eigenvalue weighted by Crippen LogP contribution is -2.44. The summed E-state index contributed by atoms with van der Waals surface area (Å²) in [6.45, 7) is 14.4. The van der Waals surface area contributed by atoms with Crippen molar-refractivity contribution < 1.29 is 33.3 Å². The number of hydrogen-bond donors (Lipinski definition) is 1. The maximum atomic E-state index is 13.3. The molecule has 0 saturated carbocycles. The van der Waals surface area contributed by atoms with E-state index in [4.69, 9.17) is 35.3 Å². The van der Waals surface area contributed by atoms with Crippen LogP contribution < -0.4 is 15.0 Å². The van der Waals surface area contributed by atoms with E-state index in [0.29, 0.717) is 41.5 Å². The molecule has 0 radical (unpaired) electrons. The second kappa shape index (κ2) is 13.4. The van der Waals surface area contributed by atoms with E-state index in [1.54, 1.807) is 55.7 Å². The van der Waals surface area contributed by atoms with Gasteiger partial charge < -0.3 is 29.0 Å². The van der Waals surface area contributed by atoms with Crippen molar-refractivity contribution >= 4 is 41.3 Å². The minimum atomic E-state index is -1.02. The number of halogens is 1. The number of nitrogens with zero attached hydrogens (tertiary/aromatic N) is 4. The van der Waals surface area contributed by atoms with Crippen LogP contribution in [0, 0.1) is 0 Å². The molecule has 0 bridgehead atoms. The number of imide groups is 1. The van der Waals surface area contributed by atoms with Crippen LogP contribution in [0.4, 0.5) is 21.4 Å². The summed E-state index contributed by atoms with van der Waals surface area (Å²) in [6.07, 6.45) is -1.98. The summed E-state index contributed by atoms with van der Waals surface area (Å²) in [5, 5.41) is 3.23. The lowest BCUT2D eigenvalue weighted by Gasteiger charge is -2.28. The van der Waals surface area contributed by atoms with Gasteiger partial charge in [-0.1, -0.05) is 23.7 Å². The molecule has 1 aliphatic rings. The lowest BCUT2D eigenvalue weighted by atomic mass is 10.1.